The Morgan fingerprint density at radius 1 is 1.08 bits per heavy atom. The summed E-state index contributed by atoms with van der Waals surface area (Å²) in [5, 5.41) is 4.79. The van der Waals surface area contributed by atoms with Crippen molar-refractivity contribution in [1.82, 2.24) is 14.7 Å². The minimum absolute atomic E-state index is 0.00283. The molecule has 0 aliphatic carbocycles. The third kappa shape index (κ3) is 3.36. The minimum Gasteiger partial charge on any atom is -0.370 e. The zero-order chi connectivity index (χ0) is 18.1. The second-order valence-corrected chi connectivity index (χ2v) is 7.83. The largest absolute Gasteiger partial charge is 0.370 e. The van der Waals surface area contributed by atoms with Crippen molar-refractivity contribution in [3.8, 4) is 5.69 Å². The number of para-hydroxylation sites is 1. The monoisotopic (exact) mass is 351 g/mol. The van der Waals surface area contributed by atoms with E-state index < -0.39 is 0 Å². The van der Waals surface area contributed by atoms with Gasteiger partial charge in [0.15, 0.2) is 0 Å². The lowest BCUT2D eigenvalue weighted by molar-refractivity contribution is -0.0577. The fourth-order valence-corrected chi connectivity index (χ4v) is 4.30. The second kappa shape index (κ2) is 7.01. The number of likely N-dealkylation sites (tertiary alicyclic amines) is 1. The van der Waals surface area contributed by atoms with Gasteiger partial charge in [0, 0.05) is 30.9 Å². The van der Waals surface area contributed by atoms with Crippen LogP contribution in [0.15, 0.2) is 42.0 Å². The first-order valence-electron chi connectivity index (χ1n) is 9.71. The van der Waals surface area contributed by atoms with Gasteiger partial charge in [-0.1, -0.05) is 29.8 Å². The highest BCUT2D eigenvalue weighted by molar-refractivity contribution is 5.37. The quantitative estimate of drug-likeness (QED) is 0.777. The lowest BCUT2D eigenvalue weighted by Crippen LogP contribution is -2.46. The lowest BCUT2D eigenvalue weighted by atomic mass is 9.87. The van der Waals surface area contributed by atoms with E-state index in [-0.39, 0.29) is 5.60 Å². The molecule has 1 spiro atoms. The van der Waals surface area contributed by atoms with Crippen molar-refractivity contribution in [3.63, 3.8) is 0 Å². The molecule has 4 rings (SSSR count). The van der Waals surface area contributed by atoms with Gasteiger partial charge in [0.05, 0.1) is 23.6 Å². The predicted molar refractivity (Wildman–Crippen MR) is 105 cm³/mol. The predicted octanol–water partition coefficient (Wildman–Crippen LogP) is 4.19. The van der Waals surface area contributed by atoms with E-state index in [0.717, 1.165) is 56.9 Å². The average molecular weight is 351 g/mol. The molecule has 4 heteroatoms. The first kappa shape index (κ1) is 17.5. The van der Waals surface area contributed by atoms with E-state index in [9.17, 15) is 0 Å². The van der Waals surface area contributed by atoms with Crippen LogP contribution in [0.3, 0.4) is 0 Å². The van der Waals surface area contributed by atoms with Crippen LogP contribution in [0.4, 0.5) is 0 Å². The zero-order valence-corrected chi connectivity index (χ0v) is 16.2. The number of hydrogen-bond donors (Lipinski definition) is 0. The first-order chi connectivity index (χ1) is 12.6. The Kier molecular flexibility index (Phi) is 4.72. The van der Waals surface area contributed by atoms with Crippen LogP contribution in [0.1, 0.15) is 43.1 Å². The standard InChI is InChI=1S/C22H29N3O/c1-17-9-14-26-22(15-17)10-12-24(13-11-22)16-21-18(2)23-25(19(21)3)20-7-5-4-6-8-20/h4-8,15H,9-14,16H2,1-3H3. The van der Waals surface area contributed by atoms with E-state index in [1.165, 1.54) is 16.8 Å². The topological polar surface area (TPSA) is 30.3 Å². The van der Waals surface area contributed by atoms with Gasteiger partial charge < -0.3 is 4.74 Å². The summed E-state index contributed by atoms with van der Waals surface area (Å²) in [6.07, 6.45) is 5.66. The van der Waals surface area contributed by atoms with Crippen LogP contribution in [-0.2, 0) is 11.3 Å². The highest BCUT2D eigenvalue weighted by atomic mass is 16.5. The summed E-state index contributed by atoms with van der Waals surface area (Å²) in [4.78, 5) is 2.55. The van der Waals surface area contributed by atoms with Gasteiger partial charge in [-0.3, -0.25) is 4.90 Å². The van der Waals surface area contributed by atoms with Crippen molar-refractivity contribution < 1.29 is 4.74 Å². The molecule has 1 aromatic heterocycles. The lowest BCUT2D eigenvalue weighted by Gasteiger charge is -2.42. The zero-order valence-electron chi connectivity index (χ0n) is 16.2. The molecule has 2 aliphatic heterocycles. The Balaban J connectivity index is 1.48. The molecular formula is C22H29N3O. The summed E-state index contributed by atoms with van der Waals surface area (Å²) in [7, 11) is 0. The van der Waals surface area contributed by atoms with Gasteiger partial charge in [0.1, 0.15) is 0 Å². The number of piperidine rings is 1. The maximum absolute atomic E-state index is 6.17. The molecule has 0 N–H and O–H groups in total. The minimum atomic E-state index is -0.00283. The third-order valence-electron chi connectivity index (χ3n) is 5.92. The highest BCUT2D eigenvalue weighted by Crippen LogP contribution is 2.33. The van der Waals surface area contributed by atoms with Crippen LogP contribution >= 0.6 is 0 Å². The number of nitrogens with zero attached hydrogens (tertiary/aromatic N) is 3. The number of aromatic nitrogens is 2. The Hall–Kier alpha value is -1.91. The van der Waals surface area contributed by atoms with Crippen LogP contribution in [0.25, 0.3) is 5.69 Å². The smallest absolute Gasteiger partial charge is 0.0889 e. The number of ether oxygens (including phenoxy) is 1. The van der Waals surface area contributed by atoms with Crippen LogP contribution in [0.2, 0.25) is 0 Å². The molecule has 0 amide bonds. The van der Waals surface area contributed by atoms with Crippen LogP contribution in [0, 0.1) is 13.8 Å². The van der Waals surface area contributed by atoms with Gasteiger partial charge >= 0.3 is 0 Å². The molecule has 2 aromatic rings. The Labute approximate surface area is 156 Å². The van der Waals surface area contributed by atoms with Gasteiger partial charge in [-0.05, 0) is 52.2 Å². The Morgan fingerprint density at radius 2 is 1.81 bits per heavy atom. The number of benzene rings is 1. The molecule has 0 atom stereocenters. The molecule has 1 fully saturated rings. The summed E-state index contributed by atoms with van der Waals surface area (Å²) in [6, 6.07) is 10.4. The molecule has 1 saturated heterocycles. The van der Waals surface area contributed by atoms with E-state index in [2.05, 4.69) is 60.7 Å². The Morgan fingerprint density at radius 3 is 2.50 bits per heavy atom. The molecule has 0 unspecified atom stereocenters. The average Bonchev–Trinajstić information content (AvgIpc) is 2.92. The maximum atomic E-state index is 6.17. The van der Waals surface area contributed by atoms with Crippen LogP contribution in [0.5, 0.6) is 0 Å². The van der Waals surface area contributed by atoms with Crippen molar-refractivity contribution in [2.75, 3.05) is 19.7 Å². The summed E-state index contributed by atoms with van der Waals surface area (Å²) in [6.45, 7) is 10.6. The van der Waals surface area contributed by atoms with Crippen molar-refractivity contribution in [2.24, 2.45) is 0 Å². The molecule has 26 heavy (non-hydrogen) atoms. The third-order valence-corrected chi connectivity index (χ3v) is 5.92. The normalized spacial score (nSPS) is 20.3. The summed E-state index contributed by atoms with van der Waals surface area (Å²) >= 11 is 0. The molecule has 0 bridgehead atoms. The van der Waals surface area contributed by atoms with E-state index >= 15 is 0 Å². The van der Waals surface area contributed by atoms with E-state index in [1.54, 1.807) is 0 Å². The highest BCUT2D eigenvalue weighted by Gasteiger charge is 2.35. The van der Waals surface area contributed by atoms with Gasteiger partial charge in [-0.2, -0.15) is 5.10 Å². The molecule has 3 heterocycles. The van der Waals surface area contributed by atoms with E-state index in [0.29, 0.717) is 0 Å². The molecule has 0 saturated carbocycles. The van der Waals surface area contributed by atoms with Crippen molar-refractivity contribution in [2.45, 2.75) is 52.2 Å². The fraction of sp³-hybridized carbons (Fsp3) is 0.500. The maximum Gasteiger partial charge on any atom is 0.0889 e. The van der Waals surface area contributed by atoms with Gasteiger partial charge in [-0.15, -0.1) is 0 Å². The molecular weight excluding hydrogens is 322 g/mol. The molecule has 2 aliphatic rings. The first-order valence-corrected chi connectivity index (χ1v) is 9.71. The molecule has 4 nitrogen and oxygen atoms in total. The SMILES string of the molecule is CC1=CC2(CCN(Cc3c(C)nn(-c4ccccc4)c3C)CC2)OCC1. The second-order valence-electron chi connectivity index (χ2n) is 7.83. The van der Waals surface area contributed by atoms with Crippen molar-refractivity contribution in [3.05, 3.63) is 58.9 Å². The Bertz CT molecular complexity index is 798. The molecule has 0 radical (unpaired) electrons. The van der Waals surface area contributed by atoms with Crippen LogP contribution in [-0.4, -0.2) is 40.0 Å². The van der Waals surface area contributed by atoms with Crippen molar-refractivity contribution in [1.29, 1.82) is 0 Å². The number of aryl methyl sites for hydroxylation is 1. The van der Waals surface area contributed by atoms with Crippen LogP contribution < -0.4 is 0 Å². The summed E-state index contributed by atoms with van der Waals surface area (Å²) in [5.41, 5.74) is 6.36. The van der Waals surface area contributed by atoms with E-state index in [1.807, 2.05) is 6.07 Å². The molecule has 138 valence electrons. The van der Waals surface area contributed by atoms with Crippen molar-refractivity contribution >= 4 is 0 Å². The fourth-order valence-electron chi connectivity index (χ4n) is 4.30. The number of rotatable bonds is 3. The van der Waals surface area contributed by atoms with Gasteiger partial charge in [-0.25, -0.2) is 4.68 Å². The van der Waals surface area contributed by atoms with E-state index in [4.69, 9.17) is 9.84 Å². The van der Waals surface area contributed by atoms with Gasteiger partial charge in [0.2, 0.25) is 0 Å². The number of hydrogen-bond acceptors (Lipinski definition) is 3. The molecule has 1 aromatic carbocycles. The van der Waals surface area contributed by atoms with Gasteiger partial charge in [0.25, 0.3) is 0 Å². The summed E-state index contributed by atoms with van der Waals surface area (Å²) in [5.74, 6) is 0. The summed E-state index contributed by atoms with van der Waals surface area (Å²) < 4.78 is 8.24.